The van der Waals surface area contributed by atoms with Gasteiger partial charge in [-0.15, -0.1) is 11.8 Å². The number of ketones is 1. The van der Waals surface area contributed by atoms with Gasteiger partial charge >= 0.3 is 12.1 Å². The van der Waals surface area contributed by atoms with Crippen LogP contribution in [-0.2, 0) is 28.5 Å². The van der Waals surface area contributed by atoms with Crippen LogP contribution < -0.4 is 5.32 Å². The van der Waals surface area contributed by atoms with Gasteiger partial charge in [0.25, 0.3) is 0 Å². The number of rotatable bonds is 8. The van der Waals surface area contributed by atoms with Crippen molar-refractivity contribution < 1.29 is 53.8 Å². The van der Waals surface area contributed by atoms with Gasteiger partial charge in [-0.25, -0.2) is 9.59 Å². The van der Waals surface area contributed by atoms with Crippen LogP contribution in [0.4, 0.5) is 4.79 Å². The number of nitrogens with one attached hydrogen (secondary N) is 1. The average Bonchev–Trinajstić information content (AvgIpc) is 2.95. The van der Waals surface area contributed by atoms with E-state index < -0.39 is 93.9 Å². The highest BCUT2D eigenvalue weighted by Crippen LogP contribution is 2.64. The second kappa shape index (κ2) is 13.3. The molecular weight excluding hydrogens is 642 g/mol. The highest BCUT2D eigenvalue weighted by Gasteiger charge is 2.74. The maximum atomic E-state index is 14.6. The van der Waals surface area contributed by atoms with Crippen molar-refractivity contribution in [2.75, 3.05) is 18.8 Å². The zero-order chi connectivity index (χ0) is 36.4. The van der Waals surface area contributed by atoms with Crippen molar-refractivity contribution in [2.24, 2.45) is 22.7 Å². The summed E-state index contributed by atoms with van der Waals surface area (Å²) in [4.78, 5) is 40.8. The fraction of sp³-hybridized carbons (Fsp3) is 0.800. The molecule has 11 atom stereocenters. The van der Waals surface area contributed by atoms with E-state index in [-0.39, 0.29) is 31.0 Å². The first-order chi connectivity index (χ1) is 22.0. The van der Waals surface area contributed by atoms with E-state index in [2.05, 4.69) is 5.32 Å². The fourth-order valence-electron chi connectivity index (χ4n) is 8.85. The van der Waals surface area contributed by atoms with Crippen LogP contribution in [0.15, 0.2) is 22.8 Å². The Hall–Kier alpha value is -2.00. The normalized spacial score (nSPS) is 38.6. The summed E-state index contributed by atoms with van der Waals surface area (Å²) < 4.78 is 23.2. The fourth-order valence-corrected chi connectivity index (χ4v) is 9.15. The van der Waals surface area contributed by atoms with Crippen LogP contribution in [0.2, 0.25) is 0 Å². The highest BCUT2D eigenvalue weighted by molar-refractivity contribution is 7.98. The van der Waals surface area contributed by atoms with Crippen LogP contribution in [0.5, 0.6) is 0 Å². The second-order valence-corrected chi connectivity index (χ2v) is 16.9. The molecule has 272 valence electrons. The Kier molecular flexibility index (Phi) is 10.7. The van der Waals surface area contributed by atoms with Crippen molar-refractivity contribution in [3.05, 3.63) is 22.8 Å². The molecule has 12 nitrogen and oxygen atoms in total. The van der Waals surface area contributed by atoms with Gasteiger partial charge in [0.2, 0.25) is 0 Å². The number of allylic oxidation sites excluding steroid dienone is 1. The zero-order valence-electron chi connectivity index (χ0n) is 30.1. The first-order valence-corrected chi connectivity index (χ1v) is 18.0. The molecule has 1 saturated heterocycles. The van der Waals surface area contributed by atoms with Gasteiger partial charge < -0.3 is 44.7 Å². The number of thioether (sulfide) groups is 1. The Morgan fingerprint density at radius 1 is 1.19 bits per heavy atom. The third kappa shape index (κ3) is 6.37. The minimum atomic E-state index is -1.85. The summed E-state index contributed by atoms with van der Waals surface area (Å²) in [5, 5.41) is 50.7. The van der Waals surface area contributed by atoms with Crippen LogP contribution in [0.1, 0.15) is 82.1 Å². The predicted octanol–water partition coefficient (Wildman–Crippen LogP) is 3.04. The molecule has 0 spiro atoms. The average molecular weight is 698 g/mol. The van der Waals surface area contributed by atoms with Gasteiger partial charge in [-0.05, 0) is 71.8 Å². The molecule has 3 aliphatic carbocycles. The number of hydrogen-bond donors (Lipinski definition) is 5. The molecule has 0 aromatic rings. The van der Waals surface area contributed by atoms with Crippen LogP contribution in [0.25, 0.3) is 0 Å². The molecule has 0 aromatic heterocycles. The van der Waals surface area contributed by atoms with Gasteiger partial charge in [-0.3, -0.25) is 4.79 Å². The van der Waals surface area contributed by atoms with E-state index in [1.54, 1.807) is 69.2 Å². The summed E-state index contributed by atoms with van der Waals surface area (Å²) in [5.74, 6) is -3.02. The predicted molar refractivity (Wildman–Crippen MR) is 179 cm³/mol. The van der Waals surface area contributed by atoms with Gasteiger partial charge in [0.1, 0.15) is 23.4 Å². The third-order valence-corrected chi connectivity index (χ3v) is 11.6. The molecular formula is C35H55NO11S. The summed E-state index contributed by atoms with van der Waals surface area (Å²) in [6, 6.07) is -1.20. The van der Waals surface area contributed by atoms with Crippen LogP contribution >= 0.6 is 11.8 Å². The summed E-state index contributed by atoms with van der Waals surface area (Å²) >= 11 is 1.44. The summed E-state index contributed by atoms with van der Waals surface area (Å²) in [6.45, 7) is 17.1. The molecule has 0 radical (unpaired) electrons. The van der Waals surface area contributed by atoms with Crippen LogP contribution in [0, 0.1) is 22.7 Å². The van der Waals surface area contributed by atoms with Gasteiger partial charge in [-0.2, -0.15) is 0 Å². The van der Waals surface area contributed by atoms with Crippen LogP contribution in [-0.4, -0.2) is 110 Å². The van der Waals surface area contributed by atoms with E-state index in [9.17, 15) is 34.8 Å². The topological polar surface area (TPSA) is 181 Å². The van der Waals surface area contributed by atoms with E-state index >= 15 is 0 Å². The molecule has 0 aromatic carbocycles. The lowest BCUT2D eigenvalue weighted by atomic mass is 9.43. The van der Waals surface area contributed by atoms with Crippen molar-refractivity contribution in [3.63, 3.8) is 0 Å². The first kappa shape index (κ1) is 38.8. The summed E-state index contributed by atoms with van der Waals surface area (Å²) in [6.07, 6.45) is -3.42. The Balaban J connectivity index is 1.76. The number of alkyl carbamates (subject to hydrolysis) is 1. The van der Waals surface area contributed by atoms with Crippen molar-refractivity contribution >= 4 is 29.6 Å². The van der Waals surface area contributed by atoms with Gasteiger partial charge in [0.05, 0.1) is 41.8 Å². The number of aliphatic hydroxyl groups excluding tert-OH is 2. The molecule has 3 fully saturated rings. The lowest BCUT2D eigenvalue weighted by molar-refractivity contribution is -0.338. The molecule has 1 heterocycles. The minimum absolute atomic E-state index is 0.0415. The van der Waals surface area contributed by atoms with E-state index in [1.165, 1.54) is 17.8 Å². The molecule has 48 heavy (non-hydrogen) atoms. The number of esters is 1. The van der Waals surface area contributed by atoms with Crippen LogP contribution in [0.3, 0.4) is 0 Å². The summed E-state index contributed by atoms with van der Waals surface area (Å²) in [5.41, 5.74) is -5.33. The smallest absolute Gasteiger partial charge is 0.408 e. The Morgan fingerprint density at radius 3 is 2.33 bits per heavy atom. The quantitative estimate of drug-likeness (QED) is 0.142. The SMILES string of the molecule is CSCOC1CC2OCC2(O)C2C(C)C3(O)CC(OC(=O)C(O)C(C=C(C)C)NC(=O)OC(C)(C)C)C(C)=C(C(O)C(=O)[C@]12C)C3(C)C. The Bertz CT molecular complexity index is 1350. The number of Topliss-reactive ketones (excluding diaryl/α,β-unsaturated/α-hetero) is 1. The van der Waals surface area contributed by atoms with E-state index in [0.717, 1.165) is 0 Å². The lowest BCUT2D eigenvalue weighted by Gasteiger charge is -2.67. The molecule has 1 aliphatic heterocycles. The molecule has 2 saturated carbocycles. The molecule has 5 N–H and O–H groups in total. The maximum absolute atomic E-state index is 14.6. The molecule has 1 amide bonds. The van der Waals surface area contributed by atoms with Crippen molar-refractivity contribution in [2.45, 2.75) is 135 Å². The molecule has 10 unspecified atom stereocenters. The van der Waals surface area contributed by atoms with Crippen molar-refractivity contribution in [1.29, 1.82) is 0 Å². The minimum Gasteiger partial charge on any atom is -0.456 e. The molecule has 13 heteroatoms. The van der Waals surface area contributed by atoms with E-state index in [1.807, 2.05) is 6.26 Å². The number of aliphatic hydroxyl groups is 4. The summed E-state index contributed by atoms with van der Waals surface area (Å²) in [7, 11) is 0. The Labute approximate surface area is 288 Å². The van der Waals surface area contributed by atoms with E-state index in [0.29, 0.717) is 11.1 Å². The highest BCUT2D eigenvalue weighted by atomic mass is 32.2. The number of carbonyl (C=O) groups excluding carboxylic acids is 3. The second-order valence-electron chi connectivity index (χ2n) is 16.0. The maximum Gasteiger partial charge on any atom is 0.408 e. The van der Waals surface area contributed by atoms with Crippen molar-refractivity contribution in [3.8, 4) is 0 Å². The zero-order valence-corrected chi connectivity index (χ0v) is 30.9. The lowest BCUT2D eigenvalue weighted by Crippen LogP contribution is -2.79. The number of fused-ring (bicyclic) bond motifs is 5. The number of hydrogen-bond acceptors (Lipinski definition) is 12. The number of carbonyl (C=O) groups is 3. The molecule has 4 aliphatic rings. The monoisotopic (exact) mass is 697 g/mol. The van der Waals surface area contributed by atoms with Gasteiger partial charge in [0.15, 0.2) is 11.9 Å². The first-order valence-electron chi connectivity index (χ1n) is 16.6. The van der Waals surface area contributed by atoms with Gasteiger partial charge in [0, 0.05) is 24.2 Å². The molecule has 2 bridgehead atoms. The van der Waals surface area contributed by atoms with Crippen molar-refractivity contribution in [1.82, 2.24) is 5.32 Å². The Morgan fingerprint density at radius 2 is 1.81 bits per heavy atom. The molecule has 4 rings (SSSR count). The largest absolute Gasteiger partial charge is 0.456 e. The van der Waals surface area contributed by atoms with E-state index in [4.69, 9.17) is 18.9 Å². The standard InChI is InChI=1S/C35H55NO11S/c1-17(2)12-20(36-30(41)47-31(5,6)7)25(37)29(40)46-21-14-35(43)19(4)27-33(10,28(39)26(38)24(18(21)3)32(35,8)9)22(45-16-48-11)13-23-34(27,42)15-44-23/h12,19-23,25-27,37-38,42-43H,13-16H2,1-11H3,(H,36,41)/t19?,20?,21?,22?,23?,25?,26?,27?,33-,34?,35?/m1/s1. The van der Waals surface area contributed by atoms with Gasteiger partial charge in [-0.1, -0.05) is 32.4 Å². The third-order valence-electron chi connectivity index (χ3n) is 11.2. The number of amides is 1. The number of ether oxygens (including phenoxy) is 4.